The van der Waals surface area contributed by atoms with Gasteiger partial charge < -0.3 is 19.5 Å². The van der Waals surface area contributed by atoms with Gasteiger partial charge in [-0.2, -0.15) is 0 Å². The zero-order valence-corrected chi connectivity index (χ0v) is 18.3. The van der Waals surface area contributed by atoms with Crippen molar-refractivity contribution < 1.29 is 14.4 Å². The van der Waals surface area contributed by atoms with Crippen molar-refractivity contribution in [2.75, 3.05) is 32.3 Å². The Kier molecular flexibility index (Phi) is 8.79. The standard InChI is InChI=1S/C20H31N5O2S/c1-6-8-12-25-19(17(7-2)24(3)4)22-23-20(25)28-14-18(26)21-15-10-9-11-16(13-15)27-5/h9-11,13,17H,6-8,12,14H2,1-5H3,(H,21,26)/p+1/t17-/m0/s1. The number of nitrogens with zero attached hydrogens (tertiary/aromatic N) is 3. The first-order valence-corrected chi connectivity index (χ1v) is 10.8. The molecule has 0 aliphatic heterocycles. The van der Waals surface area contributed by atoms with Gasteiger partial charge in [0.2, 0.25) is 5.91 Å². The Labute approximate surface area is 171 Å². The summed E-state index contributed by atoms with van der Waals surface area (Å²) in [5.41, 5.74) is 0.723. The van der Waals surface area contributed by atoms with E-state index in [-0.39, 0.29) is 11.7 Å². The van der Waals surface area contributed by atoms with Gasteiger partial charge in [0.1, 0.15) is 11.8 Å². The molecule has 2 N–H and O–H groups in total. The van der Waals surface area contributed by atoms with Crippen molar-refractivity contribution in [3.8, 4) is 5.75 Å². The molecule has 0 saturated heterocycles. The molecular formula is C20H32N5O2S+. The van der Waals surface area contributed by atoms with Gasteiger partial charge in [-0.1, -0.05) is 38.1 Å². The van der Waals surface area contributed by atoms with E-state index >= 15 is 0 Å². The minimum atomic E-state index is -0.0740. The molecule has 1 aromatic carbocycles. The highest BCUT2D eigenvalue weighted by atomic mass is 32.2. The molecule has 8 heteroatoms. The van der Waals surface area contributed by atoms with E-state index in [1.54, 1.807) is 13.2 Å². The number of carbonyl (C=O) groups excluding carboxylic acids is 1. The van der Waals surface area contributed by atoms with Gasteiger partial charge in [0, 0.05) is 24.7 Å². The minimum absolute atomic E-state index is 0.0740. The Morgan fingerprint density at radius 3 is 2.75 bits per heavy atom. The first-order valence-electron chi connectivity index (χ1n) is 9.79. The lowest BCUT2D eigenvalue weighted by Crippen LogP contribution is -3.06. The van der Waals surface area contributed by atoms with Crippen LogP contribution in [0, 0.1) is 0 Å². The van der Waals surface area contributed by atoms with Crippen LogP contribution in [0.4, 0.5) is 5.69 Å². The molecular weight excluding hydrogens is 374 g/mol. The van der Waals surface area contributed by atoms with Crippen LogP contribution in [0.15, 0.2) is 29.4 Å². The summed E-state index contributed by atoms with van der Waals surface area (Å²) in [4.78, 5) is 13.7. The number of ether oxygens (including phenoxy) is 1. The summed E-state index contributed by atoms with van der Waals surface area (Å²) >= 11 is 1.43. The lowest BCUT2D eigenvalue weighted by atomic mass is 10.2. The summed E-state index contributed by atoms with van der Waals surface area (Å²) in [5.74, 6) is 1.93. The molecule has 2 aromatic rings. The highest BCUT2D eigenvalue weighted by Crippen LogP contribution is 2.22. The van der Waals surface area contributed by atoms with E-state index < -0.39 is 0 Å². The molecule has 2 rings (SSSR count). The summed E-state index contributed by atoms with van der Waals surface area (Å²) in [6.07, 6.45) is 3.16. The van der Waals surface area contributed by atoms with Gasteiger partial charge in [-0.25, -0.2) is 0 Å². The summed E-state index contributed by atoms with van der Waals surface area (Å²) in [7, 11) is 5.89. The molecule has 7 nitrogen and oxygen atoms in total. The van der Waals surface area contributed by atoms with E-state index in [1.807, 2.05) is 18.2 Å². The highest BCUT2D eigenvalue weighted by molar-refractivity contribution is 7.99. The van der Waals surface area contributed by atoms with Crippen molar-refractivity contribution >= 4 is 23.4 Å². The van der Waals surface area contributed by atoms with Gasteiger partial charge in [-0.05, 0) is 18.6 Å². The first-order chi connectivity index (χ1) is 13.5. The van der Waals surface area contributed by atoms with Crippen LogP contribution in [0.25, 0.3) is 0 Å². The third-order valence-corrected chi connectivity index (χ3v) is 5.55. The largest absolute Gasteiger partial charge is 0.497 e. The molecule has 0 aliphatic carbocycles. The van der Waals surface area contributed by atoms with E-state index in [0.717, 1.165) is 42.5 Å². The Hall–Kier alpha value is -2.06. The molecule has 1 atom stereocenters. The second-order valence-corrected chi connectivity index (χ2v) is 7.90. The summed E-state index contributed by atoms with van der Waals surface area (Å²) in [6.45, 7) is 5.22. The number of aromatic nitrogens is 3. The summed E-state index contributed by atoms with van der Waals surface area (Å²) in [6, 6.07) is 7.64. The second-order valence-electron chi connectivity index (χ2n) is 6.95. The topological polar surface area (TPSA) is 73.5 Å². The van der Waals surface area contributed by atoms with E-state index in [4.69, 9.17) is 4.74 Å². The number of carbonyl (C=O) groups is 1. The fourth-order valence-electron chi connectivity index (χ4n) is 3.07. The number of rotatable bonds is 11. The molecule has 1 aromatic heterocycles. The van der Waals surface area contributed by atoms with Crippen molar-refractivity contribution in [3.05, 3.63) is 30.1 Å². The maximum atomic E-state index is 12.4. The smallest absolute Gasteiger partial charge is 0.234 e. The highest BCUT2D eigenvalue weighted by Gasteiger charge is 2.25. The summed E-state index contributed by atoms with van der Waals surface area (Å²) < 4.78 is 7.38. The van der Waals surface area contributed by atoms with Gasteiger partial charge in [0.15, 0.2) is 11.0 Å². The van der Waals surface area contributed by atoms with Gasteiger partial charge in [0.05, 0.1) is 27.0 Å². The van der Waals surface area contributed by atoms with Crippen LogP contribution in [0.3, 0.4) is 0 Å². The van der Waals surface area contributed by atoms with Crippen LogP contribution < -0.4 is 15.0 Å². The SMILES string of the molecule is CCCCn1c(SCC(=O)Nc2cccc(OC)c2)nnc1[C@H](CC)[NH+](C)C. The Morgan fingerprint density at radius 1 is 1.32 bits per heavy atom. The van der Waals surface area contributed by atoms with E-state index in [9.17, 15) is 4.79 Å². The molecule has 0 saturated carbocycles. The van der Waals surface area contributed by atoms with Crippen LogP contribution in [0.2, 0.25) is 0 Å². The lowest BCUT2D eigenvalue weighted by Gasteiger charge is -2.20. The number of benzene rings is 1. The maximum absolute atomic E-state index is 12.4. The van der Waals surface area contributed by atoms with Crippen molar-refractivity contribution in [2.45, 2.75) is 50.9 Å². The molecule has 28 heavy (non-hydrogen) atoms. The number of hydrogen-bond donors (Lipinski definition) is 2. The number of nitrogens with one attached hydrogen (secondary N) is 2. The van der Waals surface area contributed by atoms with Gasteiger partial charge in [-0.15, -0.1) is 10.2 Å². The number of amides is 1. The number of anilines is 1. The van der Waals surface area contributed by atoms with Crippen LogP contribution in [0.1, 0.15) is 45.0 Å². The fraction of sp³-hybridized carbons (Fsp3) is 0.550. The van der Waals surface area contributed by atoms with Crippen molar-refractivity contribution in [2.24, 2.45) is 0 Å². The van der Waals surface area contributed by atoms with Gasteiger partial charge in [-0.3, -0.25) is 4.79 Å². The number of unbranched alkanes of at least 4 members (excludes halogenated alkanes) is 1. The second kappa shape index (κ2) is 11.1. The fourth-order valence-corrected chi connectivity index (χ4v) is 3.84. The van der Waals surface area contributed by atoms with Crippen LogP contribution >= 0.6 is 11.8 Å². The van der Waals surface area contributed by atoms with Crippen LogP contribution in [-0.2, 0) is 11.3 Å². The average molecular weight is 407 g/mol. The maximum Gasteiger partial charge on any atom is 0.234 e. The molecule has 0 unspecified atom stereocenters. The average Bonchev–Trinajstić information content (AvgIpc) is 3.07. The monoisotopic (exact) mass is 406 g/mol. The Morgan fingerprint density at radius 2 is 2.11 bits per heavy atom. The minimum Gasteiger partial charge on any atom is -0.497 e. The third kappa shape index (κ3) is 5.97. The number of thioether (sulfide) groups is 1. The normalized spacial score (nSPS) is 12.2. The predicted molar refractivity (Wildman–Crippen MR) is 113 cm³/mol. The molecule has 0 spiro atoms. The number of quaternary nitrogens is 1. The Balaban J connectivity index is 2.07. The number of methoxy groups -OCH3 is 1. The quantitative estimate of drug-likeness (QED) is 0.561. The van der Waals surface area contributed by atoms with Crippen molar-refractivity contribution in [3.63, 3.8) is 0 Å². The summed E-state index contributed by atoms with van der Waals surface area (Å²) in [5, 5.41) is 12.6. The van der Waals surface area contributed by atoms with Crippen molar-refractivity contribution in [1.82, 2.24) is 14.8 Å². The zero-order chi connectivity index (χ0) is 20.5. The number of hydrogen-bond acceptors (Lipinski definition) is 5. The molecule has 1 heterocycles. The van der Waals surface area contributed by atoms with E-state index in [0.29, 0.717) is 11.8 Å². The molecule has 0 fully saturated rings. The molecule has 0 radical (unpaired) electrons. The molecule has 0 aliphatic rings. The van der Waals surface area contributed by atoms with Crippen LogP contribution in [-0.4, -0.2) is 47.6 Å². The van der Waals surface area contributed by atoms with Crippen molar-refractivity contribution in [1.29, 1.82) is 0 Å². The Bertz CT molecular complexity index is 763. The lowest BCUT2D eigenvalue weighted by molar-refractivity contribution is -0.893. The zero-order valence-electron chi connectivity index (χ0n) is 17.5. The molecule has 0 bridgehead atoms. The third-order valence-electron chi connectivity index (χ3n) is 4.58. The van der Waals surface area contributed by atoms with Crippen LogP contribution in [0.5, 0.6) is 5.75 Å². The van der Waals surface area contributed by atoms with Gasteiger partial charge >= 0.3 is 0 Å². The van der Waals surface area contributed by atoms with E-state index in [2.05, 4.69) is 48.0 Å². The molecule has 1 amide bonds. The predicted octanol–water partition coefficient (Wildman–Crippen LogP) is 2.41. The molecule has 154 valence electrons. The van der Waals surface area contributed by atoms with Gasteiger partial charge in [0.25, 0.3) is 0 Å². The van der Waals surface area contributed by atoms with E-state index in [1.165, 1.54) is 16.7 Å². The first kappa shape index (κ1) is 22.2.